The summed E-state index contributed by atoms with van der Waals surface area (Å²) in [6, 6.07) is 8.66. The summed E-state index contributed by atoms with van der Waals surface area (Å²) >= 11 is 5.85. The van der Waals surface area contributed by atoms with Crippen molar-refractivity contribution in [2.75, 3.05) is 7.11 Å². The second-order valence-corrected chi connectivity index (χ2v) is 5.56. The molecule has 0 spiro atoms. The van der Waals surface area contributed by atoms with Gasteiger partial charge < -0.3 is 14.6 Å². The van der Waals surface area contributed by atoms with Crippen molar-refractivity contribution in [3.05, 3.63) is 69.2 Å². The number of hydrogen-bond donors (Lipinski definition) is 1. The molecule has 0 atom stereocenters. The van der Waals surface area contributed by atoms with Crippen molar-refractivity contribution in [1.29, 1.82) is 0 Å². The number of rotatable bonds is 4. The molecule has 0 saturated carbocycles. The molecule has 0 unspecified atom stereocenters. The molecule has 0 bridgehead atoms. The number of carbonyl (C=O) groups excluding carboxylic acids is 1. The van der Waals surface area contributed by atoms with Gasteiger partial charge in [-0.1, -0.05) is 11.6 Å². The van der Waals surface area contributed by atoms with E-state index in [0.717, 1.165) is 0 Å². The van der Waals surface area contributed by atoms with Crippen LogP contribution in [0.4, 0.5) is 0 Å². The molecule has 0 radical (unpaired) electrons. The average molecular weight is 361 g/mol. The summed E-state index contributed by atoms with van der Waals surface area (Å²) in [4.78, 5) is 28.4. The van der Waals surface area contributed by atoms with Crippen LogP contribution in [0.3, 0.4) is 0 Å². The number of nitrogens with zero attached hydrogens (tertiary/aromatic N) is 2. The smallest absolute Gasteiger partial charge is 0.342 e. The van der Waals surface area contributed by atoms with Crippen LogP contribution < -0.4 is 10.3 Å². The van der Waals surface area contributed by atoms with Crippen LogP contribution in [-0.4, -0.2) is 27.6 Å². The van der Waals surface area contributed by atoms with Gasteiger partial charge in [0, 0.05) is 12.3 Å². The van der Waals surface area contributed by atoms with Crippen LogP contribution in [-0.2, 0) is 11.3 Å². The van der Waals surface area contributed by atoms with E-state index >= 15 is 0 Å². The van der Waals surface area contributed by atoms with Gasteiger partial charge >= 0.3 is 5.97 Å². The molecule has 2 aromatic heterocycles. The standard InChI is InChI=1S/C17H13ClN2O5/c1-24-12-3-4-14(21)13(7-12)17(23)25-9-11-6-16(22)20-8-10(18)2-5-15(20)19-11/h2-8,21H,9H2,1H3. The number of methoxy groups -OCH3 is 1. The van der Waals surface area contributed by atoms with Gasteiger partial charge in [0.2, 0.25) is 0 Å². The highest BCUT2D eigenvalue weighted by Crippen LogP contribution is 2.23. The van der Waals surface area contributed by atoms with Crippen LogP contribution in [0.25, 0.3) is 5.65 Å². The van der Waals surface area contributed by atoms with Gasteiger partial charge in [-0.2, -0.15) is 0 Å². The molecule has 0 aliphatic carbocycles. The number of ether oxygens (including phenoxy) is 2. The van der Waals surface area contributed by atoms with Crippen molar-refractivity contribution in [2.24, 2.45) is 0 Å². The van der Waals surface area contributed by atoms with Gasteiger partial charge in [-0.25, -0.2) is 9.78 Å². The first-order chi connectivity index (χ1) is 12.0. The van der Waals surface area contributed by atoms with E-state index in [1.54, 1.807) is 12.1 Å². The quantitative estimate of drug-likeness (QED) is 0.719. The maximum Gasteiger partial charge on any atom is 0.342 e. The van der Waals surface area contributed by atoms with E-state index in [2.05, 4.69) is 4.98 Å². The first-order valence-corrected chi connectivity index (χ1v) is 7.57. The van der Waals surface area contributed by atoms with E-state index < -0.39 is 5.97 Å². The third-order valence-corrected chi connectivity index (χ3v) is 3.67. The zero-order valence-electron chi connectivity index (χ0n) is 13.1. The van der Waals surface area contributed by atoms with Gasteiger partial charge in [-0.05, 0) is 30.3 Å². The Kier molecular flexibility index (Phi) is 4.58. The number of aromatic hydroxyl groups is 1. The highest BCUT2D eigenvalue weighted by atomic mass is 35.5. The summed E-state index contributed by atoms with van der Waals surface area (Å²) in [5, 5.41) is 10.2. The zero-order valence-corrected chi connectivity index (χ0v) is 13.9. The number of aromatic nitrogens is 2. The van der Waals surface area contributed by atoms with E-state index in [9.17, 15) is 14.7 Å². The predicted molar refractivity (Wildman–Crippen MR) is 90.3 cm³/mol. The van der Waals surface area contributed by atoms with Gasteiger partial charge in [0.15, 0.2) is 0 Å². The van der Waals surface area contributed by atoms with Gasteiger partial charge in [0.25, 0.3) is 5.56 Å². The number of phenolic OH excluding ortho intramolecular Hbond substituents is 1. The van der Waals surface area contributed by atoms with E-state index in [-0.39, 0.29) is 29.2 Å². The van der Waals surface area contributed by atoms with Gasteiger partial charge in [-0.3, -0.25) is 9.20 Å². The largest absolute Gasteiger partial charge is 0.507 e. The van der Waals surface area contributed by atoms with Crippen molar-refractivity contribution in [3.63, 3.8) is 0 Å². The summed E-state index contributed by atoms with van der Waals surface area (Å²) in [6.07, 6.45) is 1.45. The molecule has 0 fully saturated rings. The summed E-state index contributed by atoms with van der Waals surface area (Å²) in [5.41, 5.74) is 0.279. The Hall–Kier alpha value is -3.06. The third kappa shape index (κ3) is 3.56. The maximum absolute atomic E-state index is 12.1. The predicted octanol–water partition coefficient (Wildman–Crippen LogP) is 2.42. The number of halogens is 1. The Morgan fingerprint density at radius 1 is 1.28 bits per heavy atom. The van der Waals surface area contributed by atoms with Crippen molar-refractivity contribution in [2.45, 2.75) is 6.61 Å². The minimum absolute atomic E-state index is 0.0383. The number of fused-ring (bicyclic) bond motifs is 1. The molecule has 2 heterocycles. The number of benzene rings is 1. The van der Waals surface area contributed by atoms with Crippen molar-refractivity contribution in [1.82, 2.24) is 9.38 Å². The minimum Gasteiger partial charge on any atom is -0.507 e. The molecule has 0 aliphatic heterocycles. The number of hydrogen-bond acceptors (Lipinski definition) is 6. The molecule has 1 aromatic carbocycles. The van der Waals surface area contributed by atoms with Crippen LogP contribution in [0.2, 0.25) is 5.02 Å². The van der Waals surface area contributed by atoms with Crippen molar-refractivity contribution >= 4 is 23.2 Å². The summed E-state index contributed by atoms with van der Waals surface area (Å²) in [6.45, 7) is -0.218. The molecule has 0 amide bonds. The van der Waals surface area contributed by atoms with E-state index in [1.807, 2.05) is 0 Å². The molecule has 3 aromatic rings. The van der Waals surface area contributed by atoms with Crippen LogP contribution in [0.15, 0.2) is 47.4 Å². The lowest BCUT2D eigenvalue weighted by Crippen LogP contribution is -2.16. The molecular weight excluding hydrogens is 348 g/mol. The highest BCUT2D eigenvalue weighted by Gasteiger charge is 2.15. The summed E-state index contributed by atoms with van der Waals surface area (Å²) in [7, 11) is 1.44. The first-order valence-electron chi connectivity index (χ1n) is 7.20. The van der Waals surface area contributed by atoms with Crippen LogP contribution in [0, 0.1) is 0 Å². The number of phenols is 1. The maximum atomic E-state index is 12.1. The van der Waals surface area contributed by atoms with Crippen LogP contribution in [0.1, 0.15) is 16.1 Å². The second kappa shape index (κ2) is 6.82. The molecular formula is C17H13ClN2O5. The zero-order chi connectivity index (χ0) is 18.0. The fourth-order valence-corrected chi connectivity index (χ4v) is 2.38. The number of carbonyl (C=O) groups is 1. The van der Waals surface area contributed by atoms with Crippen LogP contribution in [0.5, 0.6) is 11.5 Å². The van der Waals surface area contributed by atoms with E-state index in [0.29, 0.717) is 16.4 Å². The lowest BCUT2D eigenvalue weighted by Gasteiger charge is -2.08. The lowest BCUT2D eigenvalue weighted by molar-refractivity contribution is 0.0464. The molecule has 0 aliphatic rings. The number of esters is 1. The molecule has 8 heteroatoms. The minimum atomic E-state index is -0.755. The Bertz CT molecular complexity index is 1020. The fraction of sp³-hybridized carbons (Fsp3) is 0.118. The molecule has 7 nitrogen and oxygen atoms in total. The monoisotopic (exact) mass is 360 g/mol. The first kappa shape index (κ1) is 16.8. The Balaban J connectivity index is 1.82. The van der Waals surface area contributed by atoms with Crippen molar-refractivity contribution in [3.8, 4) is 11.5 Å². The normalized spacial score (nSPS) is 10.6. The van der Waals surface area contributed by atoms with Gasteiger partial charge in [0.05, 0.1) is 17.8 Å². The fourth-order valence-electron chi connectivity index (χ4n) is 2.22. The SMILES string of the molecule is COc1ccc(O)c(C(=O)OCc2cc(=O)n3cc(Cl)ccc3n2)c1. The van der Waals surface area contributed by atoms with Crippen molar-refractivity contribution < 1.29 is 19.4 Å². The molecule has 25 heavy (non-hydrogen) atoms. The lowest BCUT2D eigenvalue weighted by atomic mass is 10.2. The Labute approximate surface area is 147 Å². The Morgan fingerprint density at radius 3 is 2.84 bits per heavy atom. The molecule has 128 valence electrons. The third-order valence-electron chi connectivity index (χ3n) is 3.45. The second-order valence-electron chi connectivity index (χ2n) is 5.12. The summed E-state index contributed by atoms with van der Waals surface area (Å²) in [5.74, 6) is -0.579. The topological polar surface area (TPSA) is 90.1 Å². The molecule has 1 N–H and O–H groups in total. The van der Waals surface area contributed by atoms with Gasteiger partial charge in [-0.15, -0.1) is 0 Å². The highest BCUT2D eigenvalue weighted by molar-refractivity contribution is 6.30. The van der Waals surface area contributed by atoms with Crippen LogP contribution >= 0.6 is 11.6 Å². The number of pyridine rings is 1. The Morgan fingerprint density at radius 2 is 2.08 bits per heavy atom. The average Bonchev–Trinajstić information content (AvgIpc) is 2.60. The molecule has 0 saturated heterocycles. The molecule has 3 rings (SSSR count). The van der Waals surface area contributed by atoms with E-state index in [4.69, 9.17) is 21.1 Å². The summed E-state index contributed by atoms with van der Waals surface area (Å²) < 4.78 is 11.4. The van der Waals surface area contributed by atoms with Gasteiger partial charge in [0.1, 0.15) is 29.3 Å². The van der Waals surface area contributed by atoms with E-state index in [1.165, 1.54) is 42.0 Å².